The Hall–Kier alpha value is -2.72. The van der Waals surface area contributed by atoms with E-state index in [0.717, 1.165) is 33.9 Å². The molecule has 27 heavy (non-hydrogen) atoms. The van der Waals surface area contributed by atoms with Crippen LogP contribution in [0.25, 0.3) is 5.69 Å². The molecule has 1 heterocycles. The van der Waals surface area contributed by atoms with Gasteiger partial charge >= 0.3 is 6.03 Å². The van der Waals surface area contributed by atoms with Crippen LogP contribution in [0, 0.1) is 27.7 Å². The lowest BCUT2D eigenvalue weighted by Gasteiger charge is -2.12. The van der Waals surface area contributed by atoms with Crippen LogP contribution >= 0.6 is 11.6 Å². The highest BCUT2D eigenvalue weighted by atomic mass is 35.5. The zero-order valence-corrected chi connectivity index (χ0v) is 16.8. The van der Waals surface area contributed by atoms with Crippen molar-refractivity contribution in [3.8, 4) is 5.69 Å². The molecule has 0 aliphatic rings. The predicted molar refractivity (Wildman–Crippen MR) is 112 cm³/mol. The van der Waals surface area contributed by atoms with Gasteiger partial charge in [0, 0.05) is 34.3 Å². The highest BCUT2D eigenvalue weighted by Crippen LogP contribution is 2.23. The first kappa shape index (κ1) is 19.1. The lowest BCUT2D eigenvalue weighted by molar-refractivity contribution is 0.251. The number of carbonyl (C=O) groups excluding carboxylic acids is 1. The SMILES string of the molecule is Cc1ccc(NC(=O)NCc2cc(C)n(-c3cccc(Cl)c3)c2C)c(C)c1. The monoisotopic (exact) mass is 381 g/mol. The van der Waals surface area contributed by atoms with Crippen LogP contribution in [-0.2, 0) is 6.54 Å². The molecule has 3 rings (SSSR count). The summed E-state index contributed by atoms with van der Waals surface area (Å²) in [5, 5.41) is 6.56. The molecule has 0 fully saturated rings. The fourth-order valence-electron chi connectivity index (χ4n) is 3.32. The van der Waals surface area contributed by atoms with E-state index in [9.17, 15) is 4.79 Å². The number of carbonyl (C=O) groups is 1. The standard InChI is InChI=1S/C22H24ClN3O/c1-14-8-9-21(15(2)10-14)25-22(27)24-13-18-11-16(3)26(17(18)4)20-7-5-6-19(23)12-20/h5-12H,13H2,1-4H3,(H2,24,25,27). The van der Waals surface area contributed by atoms with Gasteiger partial charge in [-0.15, -0.1) is 0 Å². The van der Waals surface area contributed by atoms with Gasteiger partial charge in [-0.1, -0.05) is 35.4 Å². The van der Waals surface area contributed by atoms with Crippen molar-refractivity contribution in [3.05, 3.63) is 81.6 Å². The molecule has 0 radical (unpaired) electrons. The Morgan fingerprint density at radius 1 is 1.04 bits per heavy atom. The molecule has 0 saturated heterocycles. The maximum Gasteiger partial charge on any atom is 0.319 e. The van der Waals surface area contributed by atoms with Crippen molar-refractivity contribution >= 4 is 23.3 Å². The van der Waals surface area contributed by atoms with E-state index >= 15 is 0 Å². The van der Waals surface area contributed by atoms with Gasteiger partial charge in [-0.2, -0.15) is 0 Å². The highest BCUT2D eigenvalue weighted by Gasteiger charge is 2.12. The number of amides is 2. The smallest absolute Gasteiger partial charge is 0.319 e. The van der Waals surface area contributed by atoms with Crippen LogP contribution in [0.3, 0.4) is 0 Å². The summed E-state index contributed by atoms with van der Waals surface area (Å²) in [5.41, 5.74) is 7.31. The molecule has 4 nitrogen and oxygen atoms in total. The van der Waals surface area contributed by atoms with Gasteiger partial charge in [0.15, 0.2) is 0 Å². The molecule has 2 N–H and O–H groups in total. The van der Waals surface area contributed by atoms with Gasteiger partial charge in [0.25, 0.3) is 0 Å². The summed E-state index contributed by atoms with van der Waals surface area (Å²) in [7, 11) is 0. The second-order valence-corrected chi connectivity index (χ2v) is 7.27. The Morgan fingerprint density at radius 2 is 1.81 bits per heavy atom. The third-order valence-corrected chi connectivity index (χ3v) is 4.91. The van der Waals surface area contributed by atoms with E-state index in [-0.39, 0.29) is 6.03 Å². The second-order valence-electron chi connectivity index (χ2n) is 6.84. The summed E-state index contributed by atoms with van der Waals surface area (Å²) in [6.45, 7) is 8.57. The maximum atomic E-state index is 12.3. The first-order valence-electron chi connectivity index (χ1n) is 8.91. The summed E-state index contributed by atoms with van der Waals surface area (Å²) in [6.07, 6.45) is 0. The van der Waals surface area contributed by atoms with E-state index < -0.39 is 0 Å². The van der Waals surface area contributed by atoms with Crippen LogP contribution in [0.1, 0.15) is 28.1 Å². The number of hydrogen-bond acceptors (Lipinski definition) is 1. The molecule has 0 aliphatic heterocycles. The molecule has 140 valence electrons. The van der Waals surface area contributed by atoms with E-state index in [0.29, 0.717) is 11.6 Å². The molecule has 0 bridgehead atoms. The average Bonchev–Trinajstić information content (AvgIpc) is 2.89. The van der Waals surface area contributed by atoms with Gasteiger partial charge in [-0.05, 0) is 69.2 Å². The van der Waals surface area contributed by atoms with Crippen molar-refractivity contribution in [2.24, 2.45) is 0 Å². The Bertz CT molecular complexity index is 991. The summed E-state index contributed by atoms with van der Waals surface area (Å²) < 4.78 is 2.14. The Kier molecular flexibility index (Phi) is 5.57. The van der Waals surface area contributed by atoms with Crippen LogP contribution in [0.4, 0.5) is 10.5 Å². The van der Waals surface area contributed by atoms with E-state index in [1.54, 1.807) is 0 Å². The van der Waals surface area contributed by atoms with Crippen LogP contribution in [0.2, 0.25) is 5.02 Å². The molecule has 0 aliphatic carbocycles. The summed E-state index contributed by atoms with van der Waals surface area (Å²) in [4.78, 5) is 12.3. The fraction of sp³-hybridized carbons (Fsp3) is 0.227. The molecule has 3 aromatic rings. The summed E-state index contributed by atoms with van der Waals surface area (Å²) >= 11 is 6.13. The largest absolute Gasteiger partial charge is 0.334 e. The topological polar surface area (TPSA) is 46.1 Å². The number of hydrogen-bond donors (Lipinski definition) is 2. The molecule has 1 aromatic heterocycles. The molecular weight excluding hydrogens is 358 g/mol. The zero-order valence-electron chi connectivity index (χ0n) is 16.1. The lowest BCUT2D eigenvalue weighted by Crippen LogP contribution is -2.28. The number of benzene rings is 2. The Morgan fingerprint density at radius 3 is 2.52 bits per heavy atom. The van der Waals surface area contributed by atoms with E-state index in [4.69, 9.17) is 11.6 Å². The number of aromatic nitrogens is 1. The molecule has 0 atom stereocenters. The summed E-state index contributed by atoms with van der Waals surface area (Å²) in [6, 6.07) is 15.6. The van der Waals surface area contributed by atoms with Gasteiger partial charge in [0.05, 0.1) is 0 Å². The van der Waals surface area contributed by atoms with E-state index in [1.165, 1.54) is 5.56 Å². The van der Waals surface area contributed by atoms with Gasteiger partial charge in [0.1, 0.15) is 0 Å². The van der Waals surface area contributed by atoms with Crippen LogP contribution in [0.15, 0.2) is 48.5 Å². The van der Waals surface area contributed by atoms with Crippen molar-refractivity contribution in [1.82, 2.24) is 9.88 Å². The molecular formula is C22H24ClN3O. The number of nitrogens with zero attached hydrogens (tertiary/aromatic N) is 1. The molecule has 0 unspecified atom stereocenters. The zero-order chi connectivity index (χ0) is 19.6. The fourth-order valence-corrected chi connectivity index (χ4v) is 3.50. The number of anilines is 1. The quantitative estimate of drug-likeness (QED) is 0.599. The molecule has 2 amide bonds. The molecule has 5 heteroatoms. The second kappa shape index (κ2) is 7.89. The minimum Gasteiger partial charge on any atom is -0.334 e. The molecule has 0 spiro atoms. The normalized spacial score (nSPS) is 10.7. The number of nitrogens with one attached hydrogen (secondary N) is 2. The number of rotatable bonds is 4. The number of urea groups is 1. The van der Waals surface area contributed by atoms with E-state index in [2.05, 4.69) is 21.3 Å². The first-order valence-corrected chi connectivity index (χ1v) is 9.29. The maximum absolute atomic E-state index is 12.3. The predicted octanol–water partition coefficient (Wildman–Crippen LogP) is 5.69. The van der Waals surface area contributed by atoms with Crippen molar-refractivity contribution in [1.29, 1.82) is 0 Å². The van der Waals surface area contributed by atoms with Crippen molar-refractivity contribution in [2.75, 3.05) is 5.32 Å². The van der Waals surface area contributed by atoms with Crippen molar-refractivity contribution in [3.63, 3.8) is 0 Å². The van der Waals surface area contributed by atoms with Crippen LogP contribution in [0.5, 0.6) is 0 Å². The molecule has 2 aromatic carbocycles. The van der Waals surface area contributed by atoms with Crippen LogP contribution < -0.4 is 10.6 Å². The third kappa shape index (κ3) is 4.34. The minimum absolute atomic E-state index is 0.213. The number of halogens is 1. The van der Waals surface area contributed by atoms with Gasteiger partial charge in [0.2, 0.25) is 0 Å². The number of aryl methyl sites for hydroxylation is 3. The lowest BCUT2D eigenvalue weighted by atomic mass is 10.1. The van der Waals surface area contributed by atoms with Gasteiger partial charge in [-0.3, -0.25) is 0 Å². The van der Waals surface area contributed by atoms with Gasteiger partial charge < -0.3 is 15.2 Å². The Balaban J connectivity index is 1.71. The average molecular weight is 382 g/mol. The van der Waals surface area contributed by atoms with Gasteiger partial charge in [-0.25, -0.2) is 4.79 Å². The van der Waals surface area contributed by atoms with E-state index in [1.807, 2.05) is 70.2 Å². The third-order valence-electron chi connectivity index (χ3n) is 4.67. The highest BCUT2D eigenvalue weighted by molar-refractivity contribution is 6.30. The van der Waals surface area contributed by atoms with Crippen molar-refractivity contribution < 1.29 is 4.79 Å². The Labute approximate surface area is 165 Å². The van der Waals surface area contributed by atoms with Crippen molar-refractivity contribution in [2.45, 2.75) is 34.2 Å². The molecule has 0 saturated carbocycles. The van der Waals surface area contributed by atoms with Crippen LogP contribution in [-0.4, -0.2) is 10.6 Å². The minimum atomic E-state index is -0.213. The summed E-state index contributed by atoms with van der Waals surface area (Å²) in [5.74, 6) is 0. The first-order chi connectivity index (χ1) is 12.8.